The number of aliphatic carboxylic acids is 1. The number of azide groups is 1. The number of nitrogens with zero attached hydrogens (tertiary/aromatic N) is 3. The highest BCUT2D eigenvalue weighted by Crippen LogP contribution is 2.25. The Bertz CT molecular complexity index is 430. The van der Waals surface area contributed by atoms with Gasteiger partial charge in [0.1, 0.15) is 0 Å². The summed E-state index contributed by atoms with van der Waals surface area (Å²) < 4.78 is 0.874. The third kappa shape index (κ3) is 3.92. The lowest BCUT2D eigenvalue weighted by atomic mass is 10.0. The molecule has 0 radical (unpaired) electrons. The van der Waals surface area contributed by atoms with Gasteiger partial charge in [-0.3, -0.25) is 4.79 Å². The molecule has 1 aromatic rings. The minimum Gasteiger partial charge on any atom is -0.481 e. The second-order valence-electron chi connectivity index (χ2n) is 3.21. The van der Waals surface area contributed by atoms with Gasteiger partial charge in [0.25, 0.3) is 0 Å². The van der Waals surface area contributed by atoms with Crippen LogP contribution in [0.15, 0.2) is 33.9 Å². The zero-order valence-electron chi connectivity index (χ0n) is 8.38. The zero-order chi connectivity index (χ0) is 12.0. The molecule has 1 atom stereocenters. The number of halogens is 1. The Hall–Kier alpha value is -1.52. The molecule has 1 unspecified atom stereocenters. The van der Waals surface area contributed by atoms with E-state index in [1.54, 1.807) is 0 Å². The van der Waals surface area contributed by atoms with Crippen molar-refractivity contribution in [3.05, 3.63) is 44.7 Å². The highest BCUT2D eigenvalue weighted by molar-refractivity contribution is 9.10. The standard InChI is InChI=1S/C10H10BrN3O2/c11-8-3-1-2-7(6-8)9(13-14-12)4-5-10(15)16/h1-3,6,9H,4-5H2,(H,15,16). The molecule has 0 aliphatic rings. The lowest BCUT2D eigenvalue weighted by Crippen LogP contribution is -2.00. The van der Waals surface area contributed by atoms with Gasteiger partial charge in [-0.25, -0.2) is 0 Å². The summed E-state index contributed by atoms with van der Waals surface area (Å²) in [6.07, 6.45) is 0.284. The van der Waals surface area contributed by atoms with E-state index in [-0.39, 0.29) is 6.42 Å². The number of rotatable bonds is 5. The lowest BCUT2D eigenvalue weighted by molar-refractivity contribution is -0.137. The molecule has 6 heteroatoms. The van der Waals surface area contributed by atoms with Gasteiger partial charge in [-0.15, -0.1) is 0 Å². The molecule has 84 valence electrons. The van der Waals surface area contributed by atoms with Crippen molar-refractivity contribution < 1.29 is 9.90 Å². The van der Waals surface area contributed by atoms with Gasteiger partial charge in [0.15, 0.2) is 0 Å². The van der Waals surface area contributed by atoms with Crippen LogP contribution < -0.4 is 0 Å². The van der Waals surface area contributed by atoms with E-state index in [1.165, 1.54) is 0 Å². The molecule has 0 aromatic heterocycles. The van der Waals surface area contributed by atoms with Crippen molar-refractivity contribution >= 4 is 21.9 Å². The van der Waals surface area contributed by atoms with E-state index in [2.05, 4.69) is 26.0 Å². The second kappa shape index (κ2) is 6.15. The average molecular weight is 284 g/mol. The highest BCUT2D eigenvalue weighted by Gasteiger charge is 2.11. The van der Waals surface area contributed by atoms with Gasteiger partial charge < -0.3 is 5.11 Å². The summed E-state index contributed by atoms with van der Waals surface area (Å²) in [5.41, 5.74) is 9.25. The first kappa shape index (κ1) is 12.5. The van der Waals surface area contributed by atoms with Gasteiger partial charge in [-0.2, -0.15) is 0 Å². The molecule has 0 saturated heterocycles. The van der Waals surface area contributed by atoms with Crippen molar-refractivity contribution in [2.45, 2.75) is 18.9 Å². The molecular weight excluding hydrogens is 274 g/mol. The molecule has 5 nitrogen and oxygen atoms in total. The molecule has 0 aliphatic carbocycles. The smallest absolute Gasteiger partial charge is 0.303 e. The molecule has 1 aromatic carbocycles. The van der Waals surface area contributed by atoms with Crippen molar-refractivity contribution in [2.24, 2.45) is 5.11 Å². The number of carbonyl (C=O) groups is 1. The minimum absolute atomic E-state index is 0.0177. The molecule has 1 N–H and O–H groups in total. The maximum Gasteiger partial charge on any atom is 0.303 e. The van der Waals surface area contributed by atoms with Gasteiger partial charge >= 0.3 is 5.97 Å². The Morgan fingerprint density at radius 2 is 2.38 bits per heavy atom. The maximum atomic E-state index is 10.5. The fourth-order valence-corrected chi connectivity index (χ4v) is 1.74. The van der Waals surface area contributed by atoms with E-state index in [0.29, 0.717) is 6.42 Å². The van der Waals surface area contributed by atoms with E-state index in [9.17, 15) is 4.79 Å². The Morgan fingerprint density at radius 3 is 2.94 bits per heavy atom. The summed E-state index contributed by atoms with van der Waals surface area (Å²) in [5, 5.41) is 12.2. The predicted octanol–water partition coefficient (Wildman–Crippen LogP) is 3.67. The number of hydrogen-bond donors (Lipinski definition) is 1. The molecule has 1 rings (SSSR count). The molecular formula is C10H10BrN3O2. The summed E-state index contributed by atoms with van der Waals surface area (Å²) in [4.78, 5) is 13.2. The van der Waals surface area contributed by atoms with E-state index in [1.807, 2.05) is 24.3 Å². The minimum atomic E-state index is -0.895. The summed E-state index contributed by atoms with van der Waals surface area (Å²) in [7, 11) is 0. The van der Waals surface area contributed by atoms with Crippen LogP contribution >= 0.6 is 15.9 Å². The first-order valence-electron chi connectivity index (χ1n) is 4.65. The van der Waals surface area contributed by atoms with Crippen LogP contribution in [0.5, 0.6) is 0 Å². The van der Waals surface area contributed by atoms with Crippen molar-refractivity contribution in [1.29, 1.82) is 0 Å². The van der Waals surface area contributed by atoms with E-state index in [0.717, 1.165) is 10.0 Å². The number of benzene rings is 1. The largest absolute Gasteiger partial charge is 0.481 e. The Morgan fingerprint density at radius 1 is 1.62 bits per heavy atom. The molecule has 0 heterocycles. The van der Waals surface area contributed by atoms with Crippen LogP contribution in [-0.4, -0.2) is 11.1 Å². The SMILES string of the molecule is [N-]=[N+]=NC(CCC(=O)O)c1cccc(Br)c1. The van der Waals surface area contributed by atoms with Crippen LogP contribution in [-0.2, 0) is 4.79 Å². The monoisotopic (exact) mass is 283 g/mol. The van der Waals surface area contributed by atoms with Crippen LogP contribution in [0.2, 0.25) is 0 Å². The van der Waals surface area contributed by atoms with E-state index < -0.39 is 12.0 Å². The summed E-state index contributed by atoms with van der Waals surface area (Å²) in [5.74, 6) is -0.895. The van der Waals surface area contributed by atoms with Gasteiger partial charge in [-0.1, -0.05) is 33.2 Å². The second-order valence-corrected chi connectivity index (χ2v) is 4.12. The molecule has 0 spiro atoms. The van der Waals surface area contributed by atoms with Crippen molar-refractivity contribution in [3.8, 4) is 0 Å². The fourth-order valence-electron chi connectivity index (χ4n) is 1.33. The maximum absolute atomic E-state index is 10.5. The molecule has 0 amide bonds. The quantitative estimate of drug-likeness (QED) is 0.508. The van der Waals surface area contributed by atoms with Crippen LogP contribution in [0.4, 0.5) is 0 Å². The summed E-state index contributed by atoms with van der Waals surface area (Å²) >= 11 is 3.31. The van der Waals surface area contributed by atoms with Gasteiger partial charge in [0.2, 0.25) is 0 Å². The Kier molecular flexibility index (Phi) is 4.82. The van der Waals surface area contributed by atoms with Crippen molar-refractivity contribution in [2.75, 3.05) is 0 Å². The molecule has 0 bridgehead atoms. The summed E-state index contributed by atoms with van der Waals surface area (Å²) in [6, 6.07) is 6.87. The van der Waals surface area contributed by atoms with E-state index in [4.69, 9.17) is 10.6 Å². The third-order valence-corrected chi connectivity index (χ3v) is 2.55. The molecule has 0 aliphatic heterocycles. The van der Waals surface area contributed by atoms with Crippen LogP contribution in [0, 0.1) is 0 Å². The van der Waals surface area contributed by atoms with Gasteiger partial charge in [-0.05, 0) is 29.6 Å². The summed E-state index contributed by atoms with van der Waals surface area (Å²) in [6.45, 7) is 0. The molecule has 16 heavy (non-hydrogen) atoms. The van der Waals surface area contributed by atoms with E-state index >= 15 is 0 Å². The third-order valence-electron chi connectivity index (χ3n) is 2.06. The first-order chi connectivity index (χ1) is 7.63. The Balaban J connectivity index is 2.84. The average Bonchev–Trinajstić information content (AvgIpc) is 2.24. The Labute approximate surface area is 101 Å². The highest BCUT2D eigenvalue weighted by atomic mass is 79.9. The van der Waals surface area contributed by atoms with Gasteiger partial charge in [0.05, 0.1) is 6.04 Å². The van der Waals surface area contributed by atoms with Crippen LogP contribution in [0.3, 0.4) is 0 Å². The number of carboxylic acids is 1. The molecule has 0 fully saturated rings. The normalized spacial score (nSPS) is 11.6. The number of hydrogen-bond acceptors (Lipinski definition) is 2. The predicted molar refractivity (Wildman–Crippen MR) is 62.9 cm³/mol. The fraction of sp³-hybridized carbons (Fsp3) is 0.300. The number of carboxylic acid groups (broad SMARTS) is 1. The van der Waals surface area contributed by atoms with Crippen LogP contribution in [0.1, 0.15) is 24.4 Å². The van der Waals surface area contributed by atoms with Gasteiger partial charge in [0, 0.05) is 15.8 Å². The topological polar surface area (TPSA) is 86.1 Å². The first-order valence-corrected chi connectivity index (χ1v) is 5.44. The molecule has 0 saturated carbocycles. The van der Waals surface area contributed by atoms with Crippen LogP contribution in [0.25, 0.3) is 10.4 Å². The van der Waals surface area contributed by atoms with Crippen molar-refractivity contribution in [1.82, 2.24) is 0 Å². The van der Waals surface area contributed by atoms with Crippen molar-refractivity contribution in [3.63, 3.8) is 0 Å². The zero-order valence-corrected chi connectivity index (χ0v) is 9.96. The lowest BCUT2D eigenvalue weighted by Gasteiger charge is -2.10.